The maximum Gasteiger partial charge on any atom is 0.508 e. The van der Waals surface area contributed by atoms with Crippen molar-refractivity contribution in [3.63, 3.8) is 0 Å². The van der Waals surface area contributed by atoms with E-state index in [2.05, 4.69) is 4.74 Å². The number of methoxy groups -OCH3 is 1. The SMILES string of the molecule is CCC(Cc1ccccc1)OC(=O)OC. The Morgan fingerprint density at radius 2 is 2.00 bits per heavy atom. The lowest BCUT2D eigenvalue weighted by atomic mass is 10.1. The summed E-state index contributed by atoms with van der Waals surface area (Å²) >= 11 is 0. The van der Waals surface area contributed by atoms with Crippen LogP contribution in [0.2, 0.25) is 0 Å². The van der Waals surface area contributed by atoms with Crippen molar-refractivity contribution in [2.24, 2.45) is 0 Å². The fourth-order valence-corrected chi connectivity index (χ4v) is 1.33. The molecule has 0 saturated heterocycles. The summed E-state index contributed by atoms with van der Waals surface area (Å²) in [6, 6.07) is 9.94. The number of ether oxygens (including phenoxy) is 2. The van der Waals surface area contributed by atoms with Gasteiger partial charge >= 0.3 is 6.16 Å². The maximum atomic E-state index is 10.9. The minimum absolute atomic E-state index is 0.111. The summed E-state index contributed by atoms with van der Waals surface area (Å²) in [5.74, 6) is 0. The second kappa shape index (κ2) is 6.06. The minimum Gasteiger partial charge on any atom is -0.438 e. The van der Waals surface area contributed by atoms with Gasteiger partial charge in [0.1, 0.15) is 6.10 Å². The molecule has 0 saturated carbocycles. The Hall–Kier alpha value is -1.51. The van der Waals surface area contributed by atoms with E-state index < -0.39 is 6.16 Å². The van der Waals surface area contributed by atoms with Gasteiger partial charge in [0.25, 0.3) is 0 Å². The summed E-state index contributed by atoms with van der Waals surface area (Å²) in [7, 11) is 1.32. The molecule has 0 N–H and O–H groups in total. The van der Waals surface area contributed by atoms with Gasteiger partial charge < -0.3 is 9.47 Å². The lowest BCUT2D eigenvalue weighted by Gasteiger charge is -2.14. The third-order valence-corrected chi connectivity index (χ3v) is 2.19. The van der Waals surface area contributed by atoms with Crippen molar-refractivity contribution >= 4 is 6.16 Å². The molecular formula is C12H16O3. The number of hydrogen-bond acceptors (Lipinski definition) is 3. The predicted molar refractivity (Wildman–Crippen MR) is 57.7 cm³/mol. The number of carbonyl (C=O) groups is 1. The van der Waals surface area contributed by atoms with Gasteiger partial charge in [0.2, 0.25) is 0 Å². The molecule has 0 bridgehead atoms. The summed E-state index contributed by atoms with van der Waals surface area (Å²) in [6.45, 7) is 1.98. The van der Waals surface area contributed by atoms with Crippen LogP contribution < -0.4 is 0 Å². The Bertz CT molecular complexity index is 295. The highest BCUT2D eigenvalue weighted by atomic mass is 16.7. The first-order valence-electron chi connectivity index (χ1n) is 5.04. The largest absolute Gasteiger partial charge is 0.508 e. The number of benzene rings is 1. The molecule has 0 fully saturated rings. The Labute approximate surface area is 90.0 Å². The van der Waals surface area contributed by atoms with E-state index in [0.717, 1.165) is 18.4 Å². The summed E-state index contributed by atoms with van der Waals surface area (Å²) in [6.07, 6.45) is 0.786. The first kappa shape index (κ1) is 11.6. The van der Waals surface area contributed by atoms with Crippen LogP contribution in [0, 0.1) is 0 Å². The molecule has 82 valence electrons. The number of hydrogen-bond donors (Lipinski definition) is 0. The highest BCUT2D eigenvalue weighted by molar-refractivity contribution is 5.59. The minimum atomic E-state index is -0.613. The highest BCUT2D eigenvalue weighted by Crippen LogP contribution is 2.09. The van der Waals surface area contributed by atoms with E-state index in [1.165, 1.54) is 7.11 Å². The van der Waals surface area contributed by atoms with Gasteiger partial charge in [-0.25, -0.2) is 4.79 Å². The van der Waals surface area contributed by atoms with Crippen LogP contribution in [0.25, 0.3) is 0 Å². The topological polar surface area (TPSA) is 35.5 Å². The van der Waals surface area contributed by atoms with E-state index in [0.29, 0.717) is 0 Å². The molecule has 0 aliphatic heterocycles. The van der Waals surface area contributed by atoms with Crippen LogP contribution in [0.5, 0.6) is 0 Å². The van der Waals surface area contributed by atoms with Gasteiger partial charge in [-0.05, 0) is 12.0 Å². The quantitative estimate of drug-likeness (QED) is 0.714. The first-order valence-corrected chi connectivity index (χ1v) is 5.04. The van der Waals surface area contributed by atoms with Gasteiger partial charge in [-0.3, -0.25) is 0 Å². The molecule has 15 heavy (non-hydrogen) atoms. The molecule has 1 atom stereocenters. The van der Waals surface area contributed by atoms with Crippen molar-refractivity contribution in [2.45, 2.75) is 25.9 Å². The Morgan fingerprint density at radius 1 is 1.33 bits per heavy atom. The lowest BCUT2D eigenvalue weighted by molar-refractivity contribution is 0.0357. The van der Waals surface area contributed by atoms with E-state index >= 15 is 0 Å². The summed E-state index contributed by atoms with van der Waals surface area (Å²) in [5, 5.41) is 0. The molecule has 0 amide bonds. The van der Waals surface area contributed by atoms with E-state index in [9.17, 15) is 4.79 Å². The van der Waals surface area contributed by atoms with Gasteiger partial charge in [-0.1, -0.05) is 37.3 Å². The number of rotatable bonds is 4. The molecule has 1 aromatic carbocycles. The van der Waals surface area contributed by atoms with Crippen LogP contribution >= 0.6 is 0 Å². The monoisotopic (exact) mass is 208 g/mol. The molecule has 1 aromatic rings. The van der Waals surface area contributed by atoms with Crippen LogP contribution in [0.15, 0.2) is 30.3 Å². The normalized spacial score (nSPS) is 11.9. The fraction of sp³-hybridized carbons (Fsp3) is 0.417. The first-order chi connectivity index (χ1) is 7.26. The third-order valence-electron chi connectivity index (χ3n) is 2.19. The van der Waals surface area contributed by atoms with Gasteiger partial charge in [0.15, 0.2) is 0 Å². The Kier molecular flexibility index (Phi) is 4.68. The van der Waals surface area contributed by atoms with Gasteiger partial charge in [0, 0.05) is 6.42 Å². The van der Waals surface area contributed by atoms with Crippen molar-refractivity contribution in [3.8, 4) is 0 Å². The summed E-state index contributed by atoms with van der Waals surface area (Å²) in [4.78, 5) is 10.9. The van der Waals surface area contributed by atoms with Gasteiger partial charge in [0.05, 0.1) is 7.11 Å². The second-order valence-electron chi connectivity index (χ2n) is 3.29. The maximum absolute atomic E-state index is 10.9. The summed E-state index contributed by atoms with van der Waals surface area (Å²) < 4.78 is 9.55. The zero-order valence-electron chi connectivity index (χ0n) is 9.10. The van der Waals surface area contributed by atoms with E-state index in [1.54, 1.807) is 0 Å². The van der Waals surface area contributed by atoms with Crippen molar-refractivity contribution in [2.75, 3.05) is 7.11 Å². The zero-order chi connectivity index (χ0) is 11.1. The van der Waals surface area contributed by atoms with Crippen molar-refractivity contribution in [1.29, 1.82) is 0 Å². The van der Waals surface area contributed by atoms with Gasteiger partial charge in [-0.15, -0.1) is 0 Å². The summed E-state index contributed by atoms with van der Waals surface area (Å²) in [5.41, 5.74) is 1.16. The molecule has 1 rings (SSSR count). The standard InChI is InChI=1S/C12H16O3/c1-3-11(15-12(13)14-2)9-10-7-5-4-6-8-10/h4-8,11H,3,9H2,1-2H3. The smallest absolute Gasteiger partial charge is 0.438 e. The Morgan fingerprint density at radius 3 is 2.53 bits per heavy atom. The predicted octanol–water partition coefficient (Wildman–Crippen LogP) is 2.79. The molecule has 0 aliphatic rings. The molecule has 0 spiro atoms. The molecule has 0 aromatic heterocycles. The average molecular weight is 208 g/mol. The molecule has 3 heteroatoms. The van der Waals surface area contributed by atoms with Crippen LogP contribution in [-0.2, 0) is 15.9 Å². The highest BCUT2D eigenvalue weighted by Gasteiger charge is 2.12. The van der Waals surface area contributed by atoms with Crippen molar-refractivity contribution < 1.29 is 14.3 Å². The Balaban J connectivity index is 2.50. The van der Waals surface area contributed by atoms with Crippen molar-refractivity contribution in [3.05, 3.63) is 35.9 Å². The molecule has 0 radical (unpaired) electrons. The third kappa shape index (κ3) is 4.02. The molecular weight excluding hydrogens is 192 g/mol. The average Bonchev–Trinajstić information content (AvgIpc) is 2.29. The molecule has 0 aliphatic carbocycles. The van der Waals surface area contributed by atoms with E-state index in [-0.39, 0.29) is 6.10 Å². The van der Waals surface area contributed by atoms with Crippen LogP contribution in [0.3, 0.4) is 0 Å². The molecule has 1 unspecified atom stereocenters. The van der Waals surface area contributed by atoms with Gasteiger partial charge in [-0.2, -0.15) is 0 Å². The molecule has 0 heterocycles. The zero-order valence-corrected chi connectivity index (χ0v) is 9.10. The fourth-order valence-electron chi connectivity index (χ4n) is 1.33. The second-order valence-corrected chi connectivity index (χ2v) is 3.29. The number of carbonyl (C=O) groups excluding carboxylic acids is 1. The lowest BCUT2D eigenvalue weighted by Crippen LogP contribution is -2.19. The van der Waals surface area contributed by atoms with Crippen LogP contribution in [0.1, 0.15) is 18.9 Å². The van der Waals surface area contributed by atoms with E-state index in [1.807, 2.05) is 37.3 Å². The van der Waals surface area contributed by atoms with Crippen molar-refractivity contribution in [1.82, 2.24) is 0 Å². The van der Waals surface area contributed by atoms with Crippen LogP contribution in [-0.4, -0.2) is 19.4 Å². The van der Waals surface area contributed by atoms with Crippen LogP contribution in [0.4, 0.5) is 4.79 Å². The molecule has 3 nitrogen and oxygen atoms in total. The van der Waals surface area contributed by atoms with E-state index in [4.69, 9.17) is 4.74 Å².